The van der Waals surface area contributed by atoms with Gasteiger partial charge in [0, 0.05) is 13.2 Å². The zero-order valence-corrected chi connectivity index (χ0v) is 17.1. The van der Waals surface area contributed by atoms with Crippen LogP contribution < -0.4 is 10.8 Å². The van der Waals surface area contributed by atoms with Crippen LogP contribution in [0.5, 0.6) is 0 Å². The summed E-state index contributed by atoms with van der Waals surface area (Å²) in [5.74, 6) is 0.612. The lowest BCUT2D eigenvalue weighted by atomic mass is 9.75. The van der Waals surface area contributed by atoms with Crippen molar-refractivity contribution in [1.82, 2.24) is 5.32 Å². The Hall–Kier alpha value is -0.875. The van der Waals surface area contributed by atoms with E-state index in [1.807, 2.05) is 7.05 Å². The molecular formula is C21H34BNO3. The van der Waals surface area contributed by atoms with Gasteiger partial charge in [-0.1, -0.05) is 18.2 Å². The van der Waals surface area contributed by atoms with Crippen LogP contribution in [0.4, 0.5) is 0 Å². The average molecular weight is 359 g/mol. The minimum atomic E-state index is -0.302. The van der Waals surface area contributed by atoms with Gasteiger partial charge in [0.05, 0.1) is 11.2 Å². The summed E-state index contributed by atoms with van der Waals surface area (Å²) in [4.78, 5) is 0. The van der Waals surface area contributed by atoms with Crippen LogP contribution in [-0.2, 0) is 20.5 Å². The second-order valence-electron chi connectivity index (χ2n) is 8.64. The van der Waals surface area contributed by atoms with Gasteiger partial charge in [-0.15, -0.1) is 0 Å². The van der Waals surface area contributed by atoms with Crippen LogP contribution in [0, 0.1) is 0 Å². The van der Waals surface area contributed by atoms with Crippen molar-refractivity contribution < 1.29 is 14.0 Å². The molecule has 2 saturated heterocycles. The molecule has 2 heterocycles. The summed E-state index contributed by atoms with van der Waals surface area (Å²) in [6, 6.07) is 6.84. The van der Waals surface area contributed by atoms with E-state index in [0.29, 0.717) is 5.92 Å². The lowest BCUT2D eigenvalue weighted by Crippen LogP contribution is -2.41. The van der Waals surface area contributed by atoms with Gasteiger partial charge in [0.25, 0.3) is 0 Å². The number of hydrogen-bond donors (Lipinski definition) is 1. The fourth-order valence-corrected chi connectivity index (χ4v) is 3.83. The predicted octanol–water partition coefficient (Wildman–Crippen LogP) is 3.03. The third-order valence-electron chi connectivity index (χ3n) is 6.23. The number of benzene rings is 1. The fraction of sp³-hybridized carbons (Fsp3) is 0.714. The molecule has 0 atom stereocenters. The highest BCUT2D eigenvalue weighted by Gasteiger charge is 2.51. The van der Waals surface area contributed by atoms with E-state index in [0.717, 1.165) is 50.9 Å². The maximum Gasteiger partial charge on any atom is 0.494 e. The zero-order valence-electron chi connectivity index (χ0n) is 17.1. The van der Waals surface area contributed by atoms with Crippen molar-refractivity contribution in [2.75, 3.05) is 26.8 Å². The van der Waals surface area contributed by atoms with Crippen LogP contribution in [0.2, 0.25) is 0 Å². The molecule has 1 N–H and O–H groups in total. The molecule has 5 heteroatoms. The SMILES string of the molecule is CNCCCc1cc(B2OC(C)(C)C(C)(C)O2)ccc1C1CCOCC1. The molecule has 2 aliphatic rings. The third kappa shape index (κ3) is 4.17. The Morgan fingerprint density at radius 1 is 1.08 bits per heavy atom. The first-order valence-electron chi connectivity index (χ1n) is 10.0. The topological polar surface area (TPSA) is 39.7 Å². The first kappa shape index (κ1) is 19.9. The van der Waals surface area contributed by atoms with E-state index in [-0.39, 0.29) is 18.3 Å². The lowest BCUT2D eigenvalue weighted by molar-refractivity contribution is 0.00578. The largest absolute Gasteiger partial charge is 0.494 e. The number of aryl methyl sites for hydroxylation is 1. The molecule has 2 aliphatic heterocycles. The van der Waals surface area contributed by atoms with Crippen molar-refractivity contribution in [2.24, 2.45) is 0 Å². The normalized spacial score (nSPS) is 22.7. The van der Waals surface area contributed by atoms with Crippen molar-refractivity contribution >= 4 is 12.6 Å². The molecule has 0 aliphatic carbocycles. The number of ether oxygens (including phenoxy) is 1. The molecule has 0 aromatic heterocycles. The van der Waals surface area contributed by atoms with E-state index in [4.69, 9.17) is 14.0 Å². The highest BCUT2D eigenvalue weighted by Crippen LogP contribution is 2.37. The maximum atomic E-state index is 6.26. The predicted molar refractivity (Wildman–Crippen MR) is 107 cm³/mol. The van der Waals surface area contributed by atoms with Crippen LogP contribution >= 0.6 is 0 Å². The molecule has 0 spiro atoms. The third-order valence-corrected chi connectivity index (χ3v) is 6.23. The van der Waals surface area contributed by atoms with E-state index >= 15 is 0 Å². The standard InChI is InChI=1S/C21H34BNO3/c1-20(2)21(3,4)26-22(25-20)18-8-9-19(16-10-13-24-14-11-16)17(15-18)7-6-12-23-5/h8-9,15-16,23H,6-7,10-14H2,1-5H3. The van der Waals surface area contributed by atoms with Gasteiger partial charge in [-0.2, -0.15) is 0 Å². The van der Waals surface area contributed by atoms with Crippen LogP contribution in [0.1, 0.15) is 64.0 Å². The second-order valence-corrected chi connectivity index (χ2v) is 8.64. The Labute approximate surface area is 159 Å². The summed E-state index contributed by atoms with van der Waals surface area (Å²) >= 11 is 0. The Kier molecular flexibility index (Phi) is 6.13. The highest BCUT2D eigenvalue weighted by molar-refractivity contribution is 6.62. The first-order valence-corrected chi connectivity index (χ1v) is 10.0. The monoisotopic (exact) mass is 359 g/mol. The molecule has 0 bridgehead atoms. The van der Waals surface area contributed by atoms with Gasteiger partial charge in [-0.3, -0.25) is 0 Å². The molecule has 2 fully saturated rings. The van der Waals surface area contributed by atoms with E-state index in [9.17, 15) is 0 Å². The minimum absolute atomic E-state index is 0.285. The molecule has 1 aromatic carbocycles. The van der Waals surface area contributed by atoms with Crippen LogP contribution in [0.15, 0.2) is 18.2 Å². The number of hydrogen-bond acceptors (Lipinski definition) is 4. The van der Waals surface area contributed by atoms with Gasteiger partial charge < -0.3 is 19.4 Å². The van der Waals surface area contributed by atoms with Crippen molar-refractivity contribution in [3.63, 3.8) is 0 Å². The second kappa shape index (κ2) is 8.01. The molecule has 3 rings (SSSR count). The van der Waals surface area contributed by atoms with Gasteiger partial charge in [0.2, 0.25) is 0 Å². The number of nitrogens with one attached hydrogen (secondary N) is 1. The molecule has 4 nitrogen and oxygen atoms in total. The van der Waals surface area contributed by atoms with Crippen LogP contribution in [-0.4, -0.2) is 45.1 Å². The van der Waals surface area contributed by atoms with Crippen molar-refractivity contribution in [1.29, 1.82) is 0 Å². The van der Waals surface area contributed by atoms with Gasteiger partial charge in [0.1, 0.15) is 0 Å². The molecule has 26 heavy (non-hydrogen) atoms. The zero-order chi connectivity index (χ0) is 18.8. The molecule has 0 radical (unpaired) electrons. The summed E-state index contributed by atoms with van der Waals surface area (Å²) in [5.41, 5.74) is 3.47. The van der Waals surface area contributed by atoms with E-state index in [1.54, 1.807) is 0 Å². The Bertz CT molecular complexity index is 595. The summed E-state index contributed by atoms with van der Waals surface area (Å²) in [5, 5.41) is 3.26. The Balaban J connectivity index is 1.84. The van der Waals surface area contributed by atoms with Crippen molar-refractivity contribution in [3.05, 3.63) is 29.3 Å². The highest BCUT2D eigenvalue weighted by atomic mass is 16.7. The van der Waals surface area contributed by atoms with E-state index in [1.165, 1.54) is 11.1 Å². The summed E-state index contributed by atoms with van der Waals surface area (Å²) in [6.45, 7) is 11.2. The molecule has 0 unspecified atom stereocenters. The maximum absolute atomic E-state index is 6.26. The first-order chi connectivity index (χ1) is 12.3. The van der Waals surface area contributed by atoms with Gasteiger partial charge in [0.15, 0.2) is 0 Å². The van der Waals surface area contributed by atoms with Crippen molar-refractivity contribution in [3.8, 4) is 0 Å². The van der Waals surface area contributed by atoms with Gasteiger partial charge in [-0.25, -0.2) is 0 Å². The summed E-state index contributed by atoms with van der Waals surface area (Å²) in [6.07, 6.45) is 4.46. The van der Waals surface area contributed by atoms with Crippen LogP contribution in [0.3, 0.4) is 0 Å². The lowest BCUT2D eigenvalue weighted by Gasteiger charge is -2.32. The van der Waals surface area contributed by atoms with Gasteiger partial charge in [-0.05, 0) is 89.5 Å². The quantitative estimate of drug-likeness (QED) is 0.626. The molecule has 0 saturated carbocycles. The molecule has 0 amide bonds. The fourth-order valence-electron chi connectivity index (χ4n) is 3.83. The van der Waals surface area contributed by atoms with Crippen LogP contribution in [0.25, 0.3) is 0 Å². The summed E-state index contributed by atoms with van der Waals surface area (Å²) in [7, 11) is 1.73. The molecule has 1 aromatic rings. The Morgan fingerprint density at radius 3 is 2.35 bits per heavy atom. The molecular weight excluding hydrogens is 325 g/mol. The smallest absolute Gasteiger partial charge is 0.399 e. The Morgan fingerprint density at radius 2 is 1.73 bits per heavy atom. The number of rotatable bonds is 6. The average Bonchev–Trinajstić information content (AvgIpc) is 2.83. The summed E-state index contributed by atoms with van der Waals surface area (Å²) < 4.78 is 18.1. The van der Waals surface area contributed by atoms with E-state index < -0.39 is 0 Å². The minimum Gasteiger partial charge on any atom is -0.399 e. The van der Waals surface area contributed by atoms with E-state index in [2.05, 4.69) is 51.2 Å². The molecule has 144 valence electrons. The van der Waals surface area contributed by atoms with Crippen molar-refractivity contribution in [2.45, 2.75) is 70.5 Å². The van der Waals surface area contributed by atoms with Gasteiger partial charge >= 0.3 is 7.12 Å².